The van der Waals surface area contributed by atoms with Crippen LogP contribution in [0.3, 0.4) is 0 Å². The number of carbonyl (C=O) groups is 1. The topological polar surface area (TPSA) is 38.3 Å². The lowest BCUT2D eigenvalue weighted by molar-refractivity contribution is 0.0945. The fourth-order valence-electron chi connectivity index (χ4n) is 2.06. The molecule has 0 aliphatic heterocycles. The van der Waals surface area contributed by atoms with Crippen molar-refractivity contribution in [2.45, 2.75) is 39.2 Å². The largest absolute Gasteiger partial charge is 0.496 e. The third kappa shape index (κ3) is 3.10. The van der Waals surface area contributed by atoms with E-state index in [4.69, 9.17) is 4.74 Å². The molecule has 0 fully saturated rings. The van der Waals surface area contributed by atoms with Crippen molar-refractivity contribution in [3.63, 3.8) is 0 Å². The summed E-state index contributed by atoms with van der Waals surface area (Å²) < 4.78 is 5.33. The molecule has 0 amide bonds. The van der Waals surface area contributed by atoms with Crippen molar-refractivity contribution in [1.29, 1.82) is 0 Å². The zero-order valence-electron chi connectivity index (χ0n) is 11.9. The first kappa shape index (κ1) is 14.7. The van der Waals surface area contributed by atoms with Gasteiger partial charge in [-0.05, 0) is 43.1 Å². The lowest BCUT2D eigenvalue weighted by atomic mass is 9.95. The molecule has 1 aromatic rings. The van der Waals surface area contributed by atoms with E-state index in [0.29, 0.717) is 5.92 Å². The fourth-order valence-corrected chi connectivity index (χ4v) is 2.06. The number of likely N-dealkylation sites (N-methyl/N-ethyl adjacent to an activating group) is 1. The standard InChI is InChI=1S/C15H23NO2/c1-6-13(16-4)15(17)11-7-8-14(18-5)12(9-11)10(2)3/h7-10,13,16H,6H2,1-5H3. The van der Waals surface area contributed by atoms with Gasteiger partial charge in [-0.2, -0.15) is 0 Å². The van der Waals surface area contributed by atoms with Gasteiger partial charge >= 0.3 is 0 Å². The van der Waals surface area contributed by atoms with Crippen LogP contribution in [0.15, 0.2) is 18.2 Å². The first-order chi connectivity index (χ1) is 8.54. The highest BCUT2D eigenvalue weighted by atomic mass is 16.5. The molecule has 3 nitrogen and oxygen atoms in total. The average Bonchev–Trinajstić information content (AvgIpc) is 2.39. The number of ether oxygens (including phenoxy) is 1. The summed E-state index contributed by atoms with van der Waals surface area (Å²) in [6.45, 7) is 6.20. The molecule has 0 spiro atoms. The summed E-state index contributed by atoms with van der Waals surface area (Å²) in [6, 6.07) is 5.56. The summed E-state index contributed by atoms with van der Waals surface area (Å²) >= 11 is 0. The number of benzene rings is 1. The van der Waals surface area contributed by atoms with Crippen molar-refractivity contribution in [3.8, 4) is 5.75 Å². The van der Waals surface area contributed by atoms with Gasteiger partial charge in [-0.25, -0.2) is 0 Å². The molecule has 1 atom stereocenters. The van der Waals surface area contributed by atoms with Gasteiger partial charge in [-0.3, -0.25) is 4.79 Å². The lowest BCUT2D eigenvalue weighted by Gasteiger charge is -2.16. The Kier molecular flexibility index (Phi) is 5.35. The quantitative estimate of drug-likeness (QED) is 0.788. The van der Waals surface area contributed by atoms with Crippen molar-refractivity contribution in [3.05, 3.63) is 29.3 Å². The predicted molar refractivity (Wildman–Crippen MR) is 74.6 cm³/mol. The minimum absolute atomic E-state index is 0.113. The maximum atomic E-state index is 12.3. The molecule has 0 aromatic heterocycles. The molecule has 0 heterocycles. The molecule has 1 aromatic carbocycles. The van der Waals surface area contributed by atoms with Gasteiger partial charge in [0.1, 0.15) is 5.75 Å². The number of methoxy groups -OCH3 is 1. The van der Waals surface area contributed by atoms with Gasteiger partial charge in [0.25, 0.3) is 0 Å². The molecule has 100 valence electrons. The molecule has 1 rings (SSSR count). The highest BCUT2D eigenvalue weighted by Crippen LogP contribution is 2.27. The van der Waals surface area contributed by atoms with Gasteiger partial charge in [0.2, 0.25) is 0 Å². The first-order valence-corrected chi connectivity index (χ1v) is 6.44. The highest BCUT2D eigenvalue weighted by Gasteiger charge is 2.18. The van der Waals surface area contributed by atoms with Crippen molar-refractivity contribution in [1.82, 2.24) is 5.32 Å². The van der Waals surface area contributed by atoms with E-state index in [0.717, 1.165) is 23.3 Å². The zero-order valence-corrected chi connectivity index (χ0v) is 11.9. The Morgan fingerprint density at radius 3 is 2.50 bits per heavy atom. The number of Topliss-reactive ketones (excluding diaryl/α,β-unsaturated/α-hetero) is 1. The Hall–Kier alpha value is -1.35. The maximum absolute atomic E-state index is 12.3. The van der Waals surface area contributed by atoms with E-state index >= 15 is 0 Å². The number of ketones is 1. The monoisotopic (exact) mass is 249 g/mol. The van der Waals surface area contributed by atoms with Gasteiger partial charge in [0.15, 0.2) is 5.78 Å². The summed E-state index contributed by atoms with van der Waals surface area (Å²) in [5.74, 6) is 1.32. The average molecular weight is 249 g/mol. The molecule has 18 heavy (non-hydrogen) atoms. The van der Waals surface area contributed by atoms with E-state index in [2.05, 4.69) is 19.2 Å². The smallest absolute Gasteiger partial charge is 0.179 e. The normalized spacial score (nSPS) is 12.6. The van der Waals surface area contributed by atoms with Gasteiger partial charge in [0.05, 0.1) is 13.2 Å². The lowest BCUT2D eigenvalue weighted by Crippen LogP contribution is -2.33. The van der Waals surface area contributed by atoms with Crippen molar-refractivity contribution in [2.24, 2.45) is 0 Å². The molecular formula is C15H23NO2. The number of carbonyl (C=O) groups excluding carboxylic acids is 1. The molecule has 1 N–H and O–H groups in total. The third-order valence-corrected chi connectivity index (χ3v) is 3.21. The number of hydrogen-bond donors (Lipinski definition) is 1. The molecular weight excluding hydrogens is 226 g/mol. The Morgan fingerprint density at radius 1 is 1.39 bits per heavy atom. The molecule has 0 aliphatic rings. The second-order valence-corrected chi connectivity index (χ2v) is 4.73. The zero-order chi connectivity index (χ0) is 13.7. The summed E-state index contributed by atoms with van der Waals surface area (Å²) in [5.41, 5.74) is 1.83. The predicted octanol–water partition coefficient (Wildman–Crippen LogP) is 3.00. The second kappa shape index (κ2) is 6.55. The van der Waals surface area contributed by atoms with Crippen LogP contribution in [-0.2, 0) is 0 Å². The van der Waals surface area contributed by atoms with Crippen LogP contribution < -0.4 is 10.1 Å². The van der Waals surface area contributed by atoms with Crippen molar-refractivity contribution >= 4 is 5.78 Å². The first-order valence-electron chi connectivity index (χ1n) is 6.44. The van der Waals surface area contributed by atoms with Crippen LogP contribution in [0.5, 0.6) is 5.75 Å². The Balaban J connectivity index is 3.11. The van der Waals surface area contributed by atoms with Gasteiger partial charge < -0.3 is 10.1 Å². The van der Waals surface area contributed by atoms with Crippen LogP contribution in [0.4, 0.5) is 0 Å². The summed E-state index contributed by atoms with van der Waals surface area (Å²) in [5, 5.41) is 3.05. The van der Waals surface area contributed by atoms with Crippen LogP contribution in [0.2, 0.25) is 0 Å². The Labute approximate surface area is 110 Å². The van der Waals surface area contributed by atoms with Gasteiger partial charge in [-0.1, -0.05) is 20.8 Å². The van der Waals surface area contributed by atoms with E-state index in [1.54, 1.807) is 7.11 Å². The van der Waals surface area contributed by atoms with E-state index in [-0.39, 0.29) is 11.8 Å². The highest BCUT2D eigenvalue weighted by molar-refractivity contribution is 6.00. The maximum Gasteiger partial charge on any atom is 0.179 e. The van der Waals surface area contributed by atoms with Gasteiger partial charge in [0, 0.05) is 5.56 Å². The van der Waals surface area contributed by atoms with E-state index in [1.807, 2.05) is 32.2 Å². The summed E-state index contributed by atoms with van der Waals surface area (Å²) in [4.78, 5) is 12.3. The van der Waals surface area contributed by atoms with Gasteiger partial charge in [-0.15, -0.1) is 0 Å². The van der Waals surface area contributed by atoms with Crippen LogP contribution >= 0.6 is 0 Å². The van der Waals surface area contributed by atoms with Crippen LogP contribution in [0.1, 0.15) is 49.0 Å². The van der Waals surface area contributed by atoms with Crippen LogP contribution in [0, 0.1) is 0 Å². The molecule has 1 unspecified atom stereocenters. The third-order valence-electron chi connectivity index (χ3n) is 3.21. The summed E-state index contributed by atoms with van der Waals surface area (Å²) in [6.07, 6.45) is 0.790. The van der Waals surface area contributed by atoms with E-state index in [1.165, 1.54) is 0 Å². The molecule has 0 saturated carbocycles. The molecule has 3 heteroatoms. The van der Waals surface area contributed by atoms with Crippen LogP contribution in [-0.4, -0.2) is 26.0 Å². The number of nitrogens with one attached hydrogen (secondary N) is 1. The molecule has 0 bridgehead atoms. The molecule has 0 radical (unpaired) electrons. The molecule has 0 aliphatic carbocycles. The minimum Gasteiger partial charge on any atom is -0.496 e. The number of rotatable bonds is 6. The second-order valence-electron chi connectivity index (χ2n) is 4.73. The van der Waals surface area contributed by atoms with Crippen LogP contribution in [0.25, 0.3) is 0 Å². The summed E-state index contributed by atoms with van der Waals surface area (Å²) in [7, 11) is 3.48. The van der Waals surface area contributed by atoms with E-state index < -0.39 is 0 Å². The number of hydrogen-bond acceptors (Lipinski definition) is 3. The minimum atomic E-state index is -0.113. The SMILES string of the molecule is CCC(NC)C(=O)c1ccc(OC)c(C(C)C)c1. The van der Waals surface area contributed by atoms with Crippen molar-refractivity contribution < 1.29 is 9.53 Å². The fraction of sp³-hybridized carbons (Fsp3) is 0.533. The molecule has 0 saturated heterocycles. The van der Waals surface area contributed by atoms with Crippen molar-refractivity contribution in [2.75, 3.05) is 14.2 Å². The van der Waals surface area contributed by atoms with E-state index in [9.17, 15) is 4.79 Å². The Morgan fingerprint density at radius 2 is 2.06 bits per heavy atom. The Bertz CT molecular complexity index is 409.